The first kappa shape index (κ1) is 19.8. The van der Waals surface area contributed by atoms with E-state index in [1.54, 1.807) is 11.0 Å². The highest BCUT2D eigenvalue weighted by molar-refractivity contribution is 5.96. The van der Waals surface area contributed by atoms with Crippen LogP contribution in [-0.2, 0) is 0 Å². The number of hydrogen-bond acceptors (Lipinski definition) is 4. The maximum absolute atomic E-state index is 14.1. The van der Waals surface area contributed by atoms with Crippen LogP contribution in [0.1, 0.15) is 47.4 Å². The van der Waals surface area contributed by atoms with Crippen molar-refractivity contribution in [2.24, 2.45) is 0 Å². The summed E-state index contributed by atoms with van der Waals surface area (Å²) < 4.78 is 15.5. The Morgan fingerprint density at radius 3 is 2.43 bits per heavy atom. The van der Waals surface area contributed by atoms with Crippen LogP contribution in [0.5, 0.6) is 5.75 Å². The predicted octanol–water partition coefficient (Wildman–Crippen LogP) is 3.33. The van der Waals surface area contributed by atoms with E-state index in [0.717, 1.165) is 17.3 Å². The van der Waals surface area contributed by atoms with Gasteiger partial charge in [-0.1, -0.05) is 42.5 Å². The molecule has 1 aliphatic heterocycles. The Morgan fingerprint density at radius 1 is 1.07 bits per heavy atom. The summed E-state index contributed by atoms with van der Waals surface area (Å²) in [6, 6.07) is 15.3. The lowest BCUT2D eigenvalue weighted by atomic mass is 9.83. The Hall–Kier alpha value is -3.48. The molecule has 3 aromatic rings. The van der Waals surface area contributed by atoms with Crippen LogP contribution in [0.3, 0.4) is 0 Å². The summed E-state index contributed by atoms with van der Waals surface area (Å²) >= 11 is 0. The van der Waals surface area contributed by atoms with E-state index >= 15 is 0 Å². The van der Waals surface area contributed by atoms with Gasteiger partial charge >= 0.3 is 0 Å². The molecule has 0 saturated heterocycles. The largest absolute Gasteiger partial charge is 0.502 e. The molecule has 154 valence electrons. The van der Waals surface area contributed by atoms with E-state index in [4.69, 9.17) is 0 Å². The first-order valence-electron chi connectivity index (χ1n) is 9.80. The standard InChI is InChI=1S/C23H22FN3O3/c1-14(2)26-13-18(27-21(23(26)30)22(29)19(28)12-25-27)20(15-7-4-3-5-8-15)16-9-6-10-17(24)11-16/h3-12,14,18,20,29H,13H2,1-2H3. The molecule has 0 aliphatic carbocycles. The van der Waals surface area contributed by atoms with Gasteiger partial charge in [-0.3, -0.25) is 14.3 Å². The van der Waals surface area contributed by atoms with Crippen molar-refractivity contribution < 1.29 is 14.3 Å². The molecule has 2 aromatic carbocycles. The van der Waals surface area contributed by atoms with Crippen LogP contribution in [0.25, 0.3) is 0 Å². The third-order valence-corrected chi connectivity index (χ3v) is 5.52. The van der Waals surface area contributed by atoms with Crippen LogP contribution in [-0.4, -0.2) is 38.3 Å². The molecule has 4 rings (SSSR count). The molecule has 0 bridgehead atoms. The van der Waals surface area contributed by atoms with Crippen LogP contribution in [0, 0.1) is 5.82 Å². The molecule has 1 aliphatic rings. The van der Waals surface area contributed by atoms with Gasteiger partial charge in [0.1, 0.15) is 5.82 Å². The van der Waals surface area contributed by atoms with Gasteiger partial charge in [0.25, 0.3) is 5.91 Å². The molecule has 2 heterocycles. The van der Waals surface area contributed by atoms with Gasteiger partial charge in [-0.2, -0.15) is 5.10 Å². The molecule has 0 fully saturated rings. The molecule has 2 unspecified atom stereocenters. The van der Waals surface area contributed by atoms with Gasteiger partial charge in [-0.05, 0) is 37.1 Å². The molecular weight excluding hydrogens is 385 g/mol. The number of carbonyl (C=O) groups excluding carboxylic acids is 1. The van der Waals surface area contributed by atoms with Gasteiger partial charge in [0.15, 0.2) is 11.4 Å². The normalized spacial score (nSPS) is 17.1. The van der Waals surface area contributed by atoms with Gasteiger partial charge in [0.2, 0.25) is 5.43 Å². The molecule has 2 atom stereocenters. The van der Waals surface area contributed by atoms with E-state index in [1.807, 2.05) is 50.2 Å². The molecule has 0 radical (unpaired) electrons. The number of rotatable bonds is 4. The highest BCUT2D eigenvalue weighted by atomic mass is 19.1. The van der Waals surface area contributed by atoms with Gasteiger partial charge < -0.3 is 10.0 Å². The first-order chi connectivity index (χ1) is 14.4. The molecule has 1 aromatic heterocycles. The van der Waals surface area contributed by atoms with Crippen LogP contribution in [0.2, 0.25) is 0 Å². The van der Waals surface area contributed by atoms with Crippen molar-refractivity contribution >= 4 is 5.91 Å². The lowest BCUT2D eigenvalue weighted by Crippen LogP contribution is -2.49. The predicted molar refractivity (Wildman–Crippen MR) is 110 cm³/mol. The van der Waals surface area contributed by atoms with Crippen molar-refractivity contribution in [2.75, 3.05) is 6.54 Å². The number of carbonyl (C=O) groups is 1. The number of fused-ring (bicyclic) bond motifs is 1. The van der Waals surface area contributed by atoms with Crippen LogP contribution >= 0.6 is 0 Å². The molecule has 1 amide bonds. The molecule has 0 spiro atoms. The van der Waals surface area contributed by atoms with Crippen LogP contribution in [0.4, 0.5) is 4.39 Å². The first-order valence-corrected chi connectivity index (χ1v) is 9.80. The average molecular weight is 407 g/mol. The molecule has 1 N–H and O–H groups in total. The van der Waals surface area contributed by atoms with Crippen LogP contribution < -0.4 is 5.43 Å². The second kappa shape index (κ2) is 7.74. The second-order valence-electron chi connectivity index (χ2n) is 7.71. The SMILES string of the molecule is CC(C)N1CC(C(c2ccccc2)c2cccc(F)c2)n2ncc(=O)c(O)c2C1=O. The van der Waals surface area contributed by atoms with Gasteiger partial charge in [-0.15, -0.1) is 0 Å². The Morgan fingerprint density at radius 2 is 1.77 bits per heavy atom. The summed E-state index contributed by atoms with van der Waals surface area (Å²) in [4.78, 5) is 26.7. The quantitative estimate of drug-likeness (QED) is 0.720. The fourth-order valence-electron chi connectivity index (χ4n) is 4.10. The summed E-state index contributed by atoms with van der Waals surface area (Å²) in [6.07, 6.45) is 1.01. The summed E-state index contributed by atoms with van der Waals surface area (Å²) in [6.45, 7) is 4.04. The number of benzene rings is 2. The zero-order chi connectivity index (χ0) is 21.4. The Kier molecular flexibility index (Phi) is 5.11. The van der Waals surface area contributed by atoms with Crippen molar-refractivity contribution in [2.45, 2.75) is 31.8 Å². The van der Waals surface area contributed by atoms with E-state index in [0.29, 0.717) is 6.54 Å². The Bertz CT molecular complexity index is 1140. The van der Waals surface area contributed by atoms with Crippen molar-refractivity contribution in [3.8, 4) is 5.75 Å². The summed E-state index contributed by atoms with van der Waals surface area (Å²) in [5.41, 5.74) is 0.790. The Labute approximate surface area is 173 Å². The third kappa shape index (κ3) is 3.36. The minimum atomic E-state index is -0.707. The minimum Gasteiger partial charge on any atom is -0.502 e. The van der Waals surface area contributed by atoms with E-state index < -0.39 is 23.1 Å². The number of halogens is 1. The number of aromatic nitrogens is 2. The zero-order valence-electron chi connectivity index (χ0n) is 16.7. The van der Waals surface area contributed by atoms with E-state index in [9.17, 15) is 19.1 Å². The maximum Gasteiger partial charge on any atom is 0.276 e. The van der Waals surface area contributed by atoms with Crippen LogP contribution in [0.15, 0.2) is 65.6 Å². The highest BCUT2D eigenvalue weighted by Crippen LogP contribution is 2.39. The summed E-state index contributed by atoms with van der Waals surface area (Å²) in [5.74, 6) is -1.78. The third-order valence-electron chi connectivity index (χ3n) is 5.52. The van der Waals surface area contributed by atoms with E-state index in [-0.39, 0.29) is 23.5 Å². The highest BCUT2D eigenvalue weighted by Gasteiger charge is 2.40. The summed E-state index contributed by atoms with van der Waals surface area (Å²) in [5, 5.41) is 14.6. The Balaban J connectivity index is 1.97. The lowest BCUT2D eigenvalue weighted by molar-refractivity contribution is 0.0570. The van der Waals surface area contributed by atoms with Gasteiger partial charge in [-0.25, -0.2) is 4.39 Å². The van der Waals surface area contributed by atoms with E-state index in [1.165, 1.54) is 16.8 Å². The summed E-state index contributed by atoms with van der Waals surface area (Å²) in [7, 11) is 0. The van der Waals surface area contributed by atoms with Crippen molar-refractivity contribution in [3.63, 3.8) is 0 Å². The molecular formula is C23H22FN3O3. The minimum absolute atomic E-state index is 0.134. The molecule has 0 saturated carbocycles. The number of aromatic hydroxyl groups is 1. The molecule has 30 heavy (non-hydrogen) atoms. The van der Waals surface area contributed by atoms with Gasteiger partial charge in [0.05, 0.1) is 12.2 Å². The fourth-order valence-corrected chi connectivity index (χ4v) is 4.10. The monoisotopic (exact) mass is 407 g/mol. The topological polar surface area (TPSA) is 75.4 Å². The number of hydrogen-bond donors (Lipinski definition) is 1. The second-order valence-corrected chi connectivity index (χ2v) is 7.71. The smallest absolute Gasteiger partial charge is 0.276 e. The lowest BCUT2D eigenvalue weighted by Gasteiger charge is -2.40. The van der Waals surface area contributed by atoms with Crippen molar-refractivity contribution in [1.29, 1.82) is 0 Å². The van der Waals surface area contributed by atoms with Gasteiger partial charge in [0, 0.05) is 18.5 Å². The van der Waals surface area contributed by atoms with Crippen molar-refractivity contribution in [1.82, 2.24) is 14.7 Å². The maximum atomic E-state index is 14.1. The van der Waals surface area contributed by atoms with E-state index in [2.05, 4.69) is 5.10 Å². The fraction of sp³-hybridized carbons (Fsp3) is 0.261. The van der Waals surface area contributed by atoms with Crippen molar-refractivity contribution in [3.05, 3.63) is 93.7 Å². The number of nitrogens with zero attached hydrogens (tertiary/aromatic N) is 3. The average Bonchev–Trinajstić information content (AvgIpc) is 2.73. The zero-order valence-corrected chi connectivity index (χ0v) is 16.7. The molecule has 7 heteroatoms. The molecule has 6 nitrogen and oxygen atoms in total. The number of amides is 1.